The van der Waals surface area contributed by atoms with Crippen molar-refractivity contribution in [2.45, 2.75) is 6.54 Å². The minimum atomic E-state index is 0.617. The number of pyridine rings is 1. The fourth-order valence-electron chi connectivity index (χ4n) is 1.85. The zero-order valence-electron chi connectivity index (χ0n) is 10.7. The second-order valence-electron chi connectivity index (χ2n) is 4.13. The van der Waals surface area contributed by atoms with Crippen LogP contribution in [-0.4, -0.2) is 19.1 Å². The van der Waals surface area contributed by atoms with Gasteiger partial charge in [0, 0.05) is 29.8 Å². The molecule has 0 aliphatic heterocycles. The highest BCUT2D eigenvalue weighted by molar-refractivity contribution is 9.10. The van der Waals surface area contributed by atoms with Gasteiger partial charge in [0.15, 0.2) is 0 Å². The minimum Gasteiger partial charge on any atom is -0.496 e. The Bertz CT molecular complexity index is 577. The summed E-state index contributed by atoms with van der Waals surface area (Å²) in [5.41, 5.74) is 1.09. The molecule has 0 saturated carbocycles. The van der Waals surface area contributed by atoms with E-state index < -0.39 is 0 Å². The Kier molecular flexibility index (Phi) is 4.66. The molecule has 0 amide bonds. The summed E-state index contributed by atoms with van der Waals surface area (Å²) in [6.45, 7) is 0.679. The van der Waals surface area contributed by atoms with Crippen LogP contribution in [0.1, 0.15) is 5.56 Å². The highest BCUT2D eigenvalue weighted by Crippen LogP contribution is 2.28. The van der Waals surface area contributed by atoms with Crippen LogP contribution in [0.3, 0.4) is 0 Å². The zero-order valence-corrected chi connectivity index (χ0v) is 13.1. The summed E-state index contributed by atoms with van der Waals surface area (Å²) >= 11 is 9.55. The number of ether oxygens (including phenoxy) is 1. The van der Waals surface area contributed by atoms with Crippen molar-refractivity contribution in [1.82, 2.24) is 4.98 Å². The van der Waals surface area contributed by atoms with Gasteiger partial charge < -0.3 is 9.64 Å². The summed E-state index contributed by atoms with van der Waals surface area (Å²) in [5.74, 6) is 1.61. The fourth-order valence-corrected chi connectivity index (χ4v) is 2.63. The smallest absolute Gasteiger partial charge is 0.147 e. The van der Waals surface area contributed by atoms with E-state index in [9.17, 15) is 0 Å². The average Bonchev–Trinajstić information content (AvgIpc) is 2.39. The first kappa shape index (κ1) is 14.2. The predicted molar refractivity (Wildman–Crippen MR) is 82.0 cm³/mol. The number of hydrogen-bond acceptors (Lipinski definition) is 3. The van der Waals surface area contributed by atoms with Crippen molar-refractivity contribution >= 4 is 33.3 Å². The van der Waals surface area contributed by atoms with Crippen LogP contribution in [0.2, 0.25) is 5.02 Å². The molecule has 1 aromatic heterocycles. The van der Waals surface area contributed by atoms with Crippen LogP contribution < -0.4 is 9.64 Å². The van der Waals surface area contributed by atoms with Gasteiger partial charge in [0.1, 0.15) is 11.6 Å². The number of benzene rings is 1. The number of halogens is 2. The molecule has 0 bridgehead atoms. The molecule has 0 atom stereocenters. The van der Waals surface area contributed by atoms with Crippen LogP contribution in [0.5, 0.6) is 5.75 Å². The van der Waals surface area contributed by atoms with Gasteiger partial charge in [-0.25, -0.2) is 4.98 Å². The standard InChI is InChI=1S/C14H14BrClN2O/c1-18(14-12(16)7-11(15)8-17-14)9-10-5-3-4-6-13(10)19-2/h3-8H,9H2,1-2H3. The third-order valence-corrected chi connectivity index (χ3v) is 3.46. The predicted octanol–water partition coefficient (Wildman–Crippen LogP) is 4.14. The van der Waals surface area contributed by atoms with Gasteiger partial charge >= 0.3 is 0 Å². The number of nitrogens with zero attached hydrogens (tertiary/aromatic N) is 2. The quantitative estimate of drug-likeness (QED) is 0.835. The van der Waals surface area contributed by atoms with E-state index in [0.717, 1.165) is 21.6 Å². The molecule has 2 aromatic rings. The summed E-state index contributed by atoms with van der Waals surface area (Å²) in [7, 11) is 3.62. The van der Waals surface area contributed by atoms with Crippen LogP contribution in [-0.2, 0) is 6.54 Å². The van der Waals surface area contributed by atoms with Gasteiger partial charge in [-0.05, 0) is 28.1 Å². The maximum Gasteiger partial charge on any atom is 0.147 e. The van der Waals surface area contributed by atoms with Crippen molar-refractivity contribution in [2.75, 3.05) is 19.1 Å². The molecular formula is C14H14BrClN2O. The summed E-state index contributed by atoms with van der Waals surface area (Å²) in [6, 6.07) is 9.75. The van der Waals surface area contributed by atoms with E-state index in [-0.39, 0.29) is 0 Å². The van der Waals surface area contributed by atoms with Crippen LogP contribution in [0.4, 0.5) is 5.82 Å². The largest absolute Gasteiger partial charge is 0.496 e. The van der Waals surface area contributed by atoms with Crippen molar-refractivity contribution in [2.24, 2.45) is 0 Å². The van der Waals surface area contributed by atoms with Crippen LogP contribution >= 0.6 is 27.5 Å². The van der Waals surface area contributed by atoms with E-state index in [4.69, 9.17) is 16.3 Å². The summed E-state index contributed by atoms with van der Waals surface area (Å²) in [6.07, 6.45) is 1.74. The topological polar surface area (TPSA) is 25.4 Å². The van der Waals surface area contributed by atoms with Gasteiger partial charge in [-0.3, -0.25) is 0 Å². The normalized spacial score (nSPS) is 10.3. The highest BCUT2D eigenvalue weighted by atomic mass is 79.9. The number of aromatic nitrogens is 1. The first-order valence-corrected chi connectivity index (χ1v) is 6.93. The number of methoxy groups -OCH3 is 1. The van der Waals surface area contributed by atoms with E-state index >= 15 is 0 Å². The van der Waals surface area contributed by atoms with Crippen molar-refractivity contribution in [3.8, 4) is 5.75 Å². The third kappa shape index (κ3) is 3.39. The Hall–Kier alpha value is -1.26. The van der Waals surface area contributed by atoms with Gasteiger partial charge in [0.2, 0.25) is 0 Å². The Morgan fingerprint density at radius 1 is 1.37 bits per heavy atom. The van der Waals surface area contributed by atoms with E-state index in [1.54, 1.807) is 13.3 Å². The van der Waals surface area contributed by atoms with Gasteiger partial charge in [0.25, 0.3) is 0 Å². The lowest BCUT2D eigenvalue weighted by Crippen LogP contribution is -2.18. The first-order chi connectivity index (χ1) is 9.11. The first-order valence-electron chi connectivity index (χ1n) is 5.76. The second-order valence-corrected chi connectivity index (χ2v) is 5.45. The Morgan fingerprint density at radius 3 is 2.79 bits per heavy atom. The number of hydrogen-bond donors (Lipinski definition) is 0. The van der Waals surface area contributed by atoms with E-state index in [1.165, 1.54) is 0 Å². The number of para-hydroxylation sites is 1. The molecule has 0 saturated heterocycles. The molecule has 0 N–H and O–H groups in total. The summed E-state index contributed by atoms with van der Waals surface area (Å²) in [5, 5.41) is 0.617. The minimum absolute atomic E-state index is 0.617. The van der Waals surface area contributed by atoms with Crippen LogP contribution in [0, 0.1) is 0 Å². The Morgan fingerprint density at radius 2 is 2.11 bits per heavy atom. The second kappa shape index (κ2) is 6.26. The van der Waals surface area contributed by atoms with Crippen molar-refractivity contribution in [1.29, 1.82) is 0 Å². The fraction of sp³-hybridized carbons (Fsp3) is 0.214. The van der Waals surface area contributed by atoms with E-state index in [1.807, 2.05) is 42.3 Å². The highest BCUT2D eigenvalue weighted by Gasteiger charge is 2.11. The SMILES string of the molecule is COc1ccccc1CN(C)c1ncc(Br)cc1Cl. The molecule has 0 aliphatic rings. The molecule has 0 unspecified atom stereocenters. The van der Waals surface area contributed by atoms with E-state index in [0.29, 0.717) is 11.6 Å². The molecule has 2 rings (SSSR count). The van der Waals surface area contributed by atoms with Crippen molar-refractivity contribution in [3.63, 3.8) is 0 Å². The van der Waals surface area contributed by atoms with Gasteiger partial charge in [-0.2, -0.15) is 0 Å². The lowest BCUT2D eigenvalue weighted by atomic mass is 10.2. The Labute approximate surface area is 126 Å². The molecule has 1 heterocycles. The molecule has 0 spiro atoms. The Balaban J connectivity index is 2.23. The zero-order chi connectivity index (χ0) is 13.8. The number of anilines is 1. The van der Waals surface area contributed by atoms with Crippen LogP contribution in [0.15, 0.2) is 41.0 Å². The molecule has 1 aromatic carbocycles. The monoisotopic (exact) mass is 340 g/mol. The van der Waals surface area contributed by atoms with Gasteiger partial charge in [-0.1, -0.05) is 29.8 Å². The molecule has 0 radical (unpaired) electrons. The molecule has 3 nitrogen and oxygen atoms in total. The van der Waals surface area contributed by atoms with Crippen molar-refractivity contribution < 1.29 is 4.74 Å². The lowest BCUT2D eigenvalue weighted by molar-refractivity contribution is 0.409. The third-order valence-electron chi connectivity index (χ3n) is 2.75. The molecular weight excluding hydrogens is 328 g/mol. The maximum atomic E-state index is 6.20. The molecule has 19 heavy (non-hydrogen) atoms. The molecule has 0 fully saturated rings. The summed E-state index contributed by atoms with van der Waals surface area (Å²) in [4.78, 5) is 6.33. The molecule has 0 aliphatic carbocycles. The van der Waals surface area contributed by atoms with Crippen molar-refractivity contribution in [3.05, 3.63) is 51.6 Å². The van der Waals surface area contributed by atoms with Gasteiger partial charge in [0.05, 0.1) is 12.1 Å². The van der Waals surface area contributed by atoms with Crippen LogP contribution in [0.25, 0.3) is 0 Å². The average molecular weight is 342 g/mol. The van der Waals surface area contributed by atoms with E-state index in [2.05, 4.69) is 20.9 Å². The number of rotatable bonds is 4. The van der Waals surface area contributed by atoms with Gasteiger partial charge in [-0.15, -0.1) is 0 Å². The lowest BCUT2D eigenvalue weighted by Gasteiger charge is -2.20. The maximum absolute atomic E-state index is 6.20. The summed E-state index contributed by atoms with van der Waals surface area (Å²) < 4.78 is 6.21. The molecule has 100 valence electrons. The molecule has 5 heteroatoms.